The standard InChI is InChI=1S/C13H19N3S2/c1-3-5-7-14-13-16-10(9-17-13)11-8-15-12(18-11)6-4-2/h8-9H,3-7H2,1-2H3,(H,14,16). The topological polar surface area (TPSA) is 37.8 Å². The SMILES string of the molecule is CCCCNc1nc(-c2cnc(CCC)s2)cs1. The largest absolute Gasteiger partial charge is 0.362 e. The lowest BCUT2D eigenvalue weighted by molar-refractivity contribution is 0.833. The molecule has 0 aliphatic carbocycles. The Morgan fingerprint density at radius 3 is 2.94 bits per heavy atom. The van der Waals surface area contributed by atoms with E-state index in [2.05, 4.69) is 34.5 Å². The first-order chi connectivity index (χ1) is 8.83. The predicted octanol–water partition coefficient (Wildman–Crippen LogP) is 4.43. The number of rotatable bonds is 7. The van der Waals surface area contributed by atoms with Crippen molar-refractivity contribution in [3.05, 3.63) is 16.6 Å². The predicted molar refractivity (Wildman–Crippen MR) is 80.6 cm³/mol. The van der Waals surface area contributed by atoms with Crippen LogP contribution in [-0.4, -0.2) is 16.5 Å². The van der Waals surface area contributed by atoms with E-state index in [0.29, 0.717) is 0 Å². The zero-order chi connectivity index (χ0) is 12.8. The Balaban J connectivity index is 1.99. The third kappa shape index (κ3) is 3.53. The van der Waals surface area contributed by atoms with Crippen LogP contribution in [0.3, 0.4) is 0 Å². The fraction of sp³-hybridized carbons (Fsp3) is 0.538. The first-order valence-corrected chi connectivity index (χ1v) is 8.17. The van der Waals surface area contributed by atoms with Gasteiger partial charge in [0, 0.05) is 18.1 Å². The van der Waals surface area contributed by atoms with E-state index in [9.17, 15) is 0 Å². The summed E-state index contributed by atoms with van der Waals surface area (Å²) in [4.78, 5) is 10.2. The molecule has 1 N–H and O–H groups in total. The number of anilines is 1. The summed E-state index contributed by atoms with van der Waals surface area (Å²) in [6.45, 7) is 5.38. The molecular weight excluding hydrogens is 262 g/mol. The average molecular weight is 281 g/mol. The van der Waals surface area contributed by atoms with Gasteiger partial charge in [0.05, 0.1) is 15.6 Å². The molecule has 0 aliphatic rings. The zero-order valence-corrected chi connectivity index (χ0v) is 12.5. The summed E-state index contributed by atoms with van der Waals surface area (Å²) < 4.78 is 0. The number of hydrogen-bond acceptors (Lipinski definition) is 5. The van der Waals surface area contributed by atoms with Crippen molar-refractivity contribution >= 4 is 27.8 Å². The molecule has 0 aromatic carbocycles. The Labute approximate surface area is 116 Å². The summed E-state index contributed by atoms with van der Waals surface area (Å²) in [5.41, 5.74) is 1.05. The smallest absolute Gasteiger partial charge is 0.183 e. The Morgan fingerprint density at radius 2 is 2.17 bits per heavy atom. The summed E-state index contributed by atoms with van der Waals surface area (Å²) in [7, 11) is 0. The highest BCUT2D eigenvalue weighted by atomic mass is 32.1. The van der Waals surface area contributed by atoms with E-state index in [4.69, 9.17) is 0 Å². The molecule has 0 fully saturated rings. The minimum absolute atomic E-state index is 1.01. The lowest BCUT2D eigenvalue weighted by atomic mass is 10.3. The van der Waals surface area contributed by atoms with E-state index >= 15 is 0 Å². The second-order valence-electron chi connectivity index (χ2n) is 4.19. The van der Waals surface area contributed by atoms with Gasteiger partial charge in [-0.2, -0.15) is 0 Å². The average Bonchev–Trinajstić information content (AvgIpc) is 2.98. The van der Waals surface area contributed by atoms with Crippen molar-refractivity contribution in [2.45, 2.75) is 39.5 Å². The molecule has 0 atom stereocenters. The van der Waals surface area contributed by atoms with Gasteiger partial charge in [-0.15, -0.1) is 22.7 Å². The highest BCUT2D eigenvalue weighted by molar-refractivity contribution is 7.16. The molecule has 98 valence electrons. The summed E-state index contributed by atoms with van der Waals surface area (Å²) in [6, 6.07) is 0. The summed E-state index contributed by atoms with van der Waals surface area (Å²) in [6.07, 6.45) is 6.56. The van der Waals surface area contributed by atoms with Crippen LogP contribution in [0.4, 0.5) is 5.13 Å². The molecule has 0 bridgehead atoms. The molecule has 2 aromatic rings. The fourth-order valence-corrected chi connectivity index (χ4v) is 3.39. The number of thiazole rings is 2. The zero-order valence-electron chi connectivity index (χ0n) is 10.9. The molecule has 0 aliphatic heterocycles. The Hall–Kier alpha value is -0.940. The Bertz CT molecular complexity index is 476. The van der Waals surface area contributed by atoms with Crippen LogP contribution in [0.2, 0.25) is 0 Å². The van der Waals surface area contributed by atoms with Crippen LogP contribution in [0.5, 0.6) is 0 Å². The third-order valence-corrected chi connectivity index (χ3v) is 4.46. The van der Waals surface area contributed by atoms with Gasteiger partial charge >= 0.3 is 0 Å². The lowest BCUT2D eigenvalue weighted by Gasteiger charge is -1.98. The van der Waals surface area contributed by atoms with Crippen molar-refractivity contribution in [1.29, 1.82) is 0 Å². The number of nitrogens with zero attached hydrogens (tertiary/aromatic N) is 2. The monoisotopic (exact) mass is 281 g/mol. The summed E-state index contributed by atoms with van der Waals surface area (Å²) in [5.74, 6) is 0. The van der Waals surface area contributed by atoms with Crippen LogP contribution in [0.15, 0.2) is 11.6 Å². The number of aryl methyl sites for hydroxylation is 1. The van der Waals surface area contributed by atoms with E-state index in [1.807, 2.05) is 6.20 Å². The molecule has 0 amide bonds. The van der Waals surface area contributed by atoms with Crippen LogP contribution < -0.4 is 5.32 Å². The van der Waals surface area contributed by atoms with E-state index in [0.717, 1.165) is 30.2 Å². The molecule has 5 heteroatoms. The number of nitrogens with one attached hydrogen (secondary N) is 1. The molecule has 2 aromatic heterocycles. The molecule has 2 heterocycles. The molecule has 0 unspecified atom stereocenters. The van der Waals surface area contributed by atoms with Gasteiger partial charge in [-0.25, -0.2) is 9.97 Å². The van der Waals surface area contributed by atoms with Crippen LogP contribution in [0.25, 0.3) is 10.6 Å². The van der Waals surface area contributed by atoms with E-state index < -0.39 is 0 Å². The molecule has 0 saturated carbocycles. The molecular formula is C13H19N3S2. The molecule has 0 spiro atoms. The summed E-state index contributed by atoms with van der Waals surface area (Å²) >= 11 is 3.43. The van der Waals surface area contributed by atoms with Gasteiger partial charge in [0.15, 0.2) is 5.13 Å². The number of hydrogen-bond donors (Lipinski definition) is 1. The molecule has 18 heavy (non-hydrogen) atoms. The van der Waals surface area contributed by atoms with Crippen LogP contribution in [0, 0.1) is 0 Å². The van der Waals surface area contributed by atoms with E-state index in [1.54, 1.807) is 22.7 Å². The fourth-order valence-electron chi connectivity index (χ4n) is 1.60. The maximum Gasteiger partial charge on any atom is 0.183 e. The van der Waals surface area contributed by atoms with Crippen molar-refractivity contribution in [2.75, 3.05) is 11.9 Å². The third-order valence-electron chi connectivity index (χ3n) is 2.58. The maximum absolute atomic E-state index is 4.60. The van der Waals surface area contributed by atoms with Crippen LogP contribution in [-0.2, 0) is 6.42 Å². The van der Waals surface area contributed by atoms with Gasteiger partial charge < -0.3 is 5.32 Å². The minimum Gasteiger partial charge on any atom is -0.362 e. The quantitative estimate of drug-likeness (QED) is 0.763. The second-order valence-corrected chi connectivity index (χ2v) is 6.16. The van der Waals surface area contributed by atoms with Crippen molar-refractivity contribution < 1.29 is 0 Å². The van der Waals surface area contributed by atoms with E-state index in [-0.39, 0.29) is 0 Å². The van der Waals surface area contributed by atoms with Crippen molar-refractivity contribution in [3.63, 3.8) is 0 Å². The minimum atomic E-state index is 1.01. The second kappa shape index (κ2) is 6.85. The van der Waals surface area contributed by atoms with Crippen LogP contribution in [0.1, 0.15) is 38.1 Å². The maximum atomic E-state index is 4.60. The van der Waals surface area contributed by atoms with Crippen molar-refractivity contribution in [2.24, 2.45) is 0 Å². The van der Waals surface area contributed by atoms with Crippen molar-refractivity contribution in [1.82, 2.24) is 9.97 Å². The van der Waals surface area contributed by atoms with Crippen LogP contribution >= 0.6 is 22.7 Å². The first-order valence-electron chi connectivity index (χ1n) is 6.48. The van der Waals surface area contributed by atoms with Gasteiger partial charge in [0.25, 0.3) is 0 Å². The first kappa shape index (κ1) is 13.5. The molecule has 3 nitrogen and oxygen atoms in total. The van der Waals surface area contributed by atoms with Gasteiger partial charge in [-0.05, 0) is 19.3 Å². The van der Waals surface area contributed by atoms with Gasteiger partial charge in [-0.3, -0.25) is 0 Å². The van der Waals surface area contributed by atoms with Crippen molar-refractivity contribution in [3.8, 4) is 10.6 Å². The van der Waals surface area contributed by atoms with Gasteiger partial charge in [0.2, 0.25) is 0 Å². The molecule has 0 saturated heterocycles. The normalized spacial score (nSPS) is 10.8. The Kier molecular flexibility index (Phi) is 5.13. The number of aromatic nitrogens is 2. The number of unbranched alkanes of at least 4 members (excludes halogenated alkanes) is 1. The Morgan fingerprint density at radius 1 is 1.28 bits per heavy atom. The highest BCUT2D eigenvalue weighted by Crippen LogP contribution is 2.29. The highest BCUT2D eigenvalue weighted by Gasteiger charge is 2.08. The van der Waals surface area contributed by atoms with Gasteiger partial charge in [-0.1, -0.05) is 20.3 Å². The lowest BCUT2D eigenvalue weighted by Crippen LogP contribution is -1.99. The molecule has 2 rings (SSSR count). The summed E-state index contributed by atoms with van der Waals surface area (Å²) in [5, 5.41) is 7.69. The van der Waals surface area contributed by atoms with Gasteiger partial charge in [0.1, 0.15) is 0 Å². The van der Waals surface area contributed by atoms with E-state index in [1.165, 1.54) is 22.7 Å². The molecule has 0 radical (unpaired) electrons.